The Morgan fingerprint density at radius 2 is 1.76 bits per heavy atom. The lowest BCUT2D eigenvalue weighted by Gasteiger charge is -2.24. The van der Waals surface area contributed by atoms with Crippen LogP contribution in [0.15, 0.2) is 30.3 Å². The van der Waals surface area contributed by atoms with E-state index in [-0.39, 0.29) is 0 Å². The second-order valence-corrected chi connectivity index (χ2v) is 5.38. The molecule has 1 unspecified atom stereocenters. The fraction of sp³-hybridized carbons (Fsp3) is 0.600. The van der Waals surface area contributed by atoms with E-state index in [4.69, 9.17) is 4.74 Å². The predicted octanol–water partition coefficient (Wildman–Crippen LogP) is 3.04. The Kier molecular flexibility index (Phi) is 4.06. The van der Waals surface area contributed by atoms with Crippen molar-refractivity contribution in [3.63, 3.8) is 0 Å². The van der Waals surface area contributed by atoms with Crippen molar-refractivity contribution in [2.24, 2.45) is 11.8 Å². The third-order valence-corrected chi connectivity index (χ3v) is 3.87. The van der Waals surface area contributed by atoms with Crippen LogP contribution in [0.3, 0.4) is 0 Å². The van der Waals surface area contributed by atoms with Gasteiger partial charge in [-0.25, -0.2) is 0 Å². The minimum absolute atomic E-state index is 0.502. The van der Waals surface area contributed by atoms with Crippen molar-refractivity contribution < 1.29 is 4.74 Å². The Morgan fingerprint density at radius 3 is 2.35 bits per heavy atom. The van der Waals surface area contributed by atoms with Gasteiger partial charge < -0.3 is 4.74 Å². The van der Waals surface area contributed by atoms with Gasteiger partial charge in [0.15, 0.2) is 0 Å². The molecule has 1 fully saturated rings. The SMILES string of the molecule is CC1CN([C@@H](C)COc2ccccc2)C[C@@H]1C. The molecular weight excluding hydrogens is 210 g/mol. The van der Waals surface area contributed by atoms with Gasteiger partial charge >= 0.3 is 0 Å². The molecule has 0 N–H and O–H groups in total. The van der Waals surface area contributed by atoms with E-state index >= 15 is 0 Å². The second kappa shape index (κ2) is 5.54. The fourth-order valence-corrected chi connectivity index (χ4v) is 2.37. The highest BCUT2D eigenvalue weighted by atomic mass is 16.5. The molecule has 1 aromatic carbocycles. The van der Waals surface area contributed by atoms with Crippen LogP contribution in [0.25, 0.3) is 0 Å². The molecule has 0 aliphatic carbocycles. The molecule has 2 heteroatoms. The van der Waals surface area contributed by atoms with Gasteiger partial charge in [-0.1, -0.05) is 32.0 Å². The maximum Gasteiger partial charge on any atom is 0.119 e. The molecule has 2 nitrogen and oxygen atoms in total. The smallest absolute Gasteiger partial charge is 0.119 e. The molecule has 17 heavy (non-hydrogen) atoms. The topological polar surface area (TPSA) is 12.5 Å². The quantitative estimate of drug-likeness (QED) is 0.792. The standard InChI is InChI=1S/C15H23NO/c1-12-9-16(10-13(12)2)14(3)11-17-15-7-5-4-6-8-15/h4-8,12-14H,9-11H2,1-3H3/t12-,13?,14-/m0/s1. The number of para-hydroxylation sites is 1. The summed E-state index contributed by atoms with van der Waals surface area (Å²) < 4.78 is 5.81. The van der Waals surface area contributed by atoms with E-state index in [1.165, 1.54) is 13.1 Å². The van der Waals surface area contributed by atoms with Crippen molar-refractivity contribution in [1.82, 2.24) is 4.90 Å². The Bertz CT molecular complexity index is 328. The Labute approximate surface area is 105 Å². The highest BCUT2D eigenvalue weighted by Crippen LogP contribution is 2.24. The van der Waals surface area contributed by atoms with Crippen LogP contribution in [-0.4, -0.2) is 30.6 Å². The molecule has 0 aromatic heterocycles. The molecule has 1 aromatic rings. The largest absolute Gasteiger partial charge is 0.492 e. The van der Waals surface area contributed by atoms with Gasteiger partial charge in [0.25, 0.3) is 0 Å². The molecule has 0 spiro atoms. The third kappa shape index (κ3) is 3.22. The molecule has 1 heterocycles. The summed E-state index contributed by atoms with van der Waals surface area (Å²) in [5, 5.41) is 0. The van der Waals surface area contributed by atoms with Crippen molar-refractivity contribution in [2.45, 2.75) is 26.8 Å². The molecule has 0 amide bonds. The monoisotopic (exact) mass is 233 g/mol. The van der Waals surface area contributed by atoms with Crippen molar-refractivity contribution in [1.29, 1.82) is 0 Å². The van der Waals surface area contributed by atoms with E-state index in [9.17, 15) is 0 Å². The van der Waals surface area contributed by atoms with Crippen LogP contribution in [0.5, 0.6) is 5.75 Å². The number of rotatable bonds is 4. The lowest BCUT2D eigenvalue weighted by atomic mass is 10.0. The average Bonchev–Trinajstić information content (AvgIpc) is 2.68. The van der Waals surface area contributed by atoms with Gasteiger partial charge in [0, 0.05) is 19.1 Å². The van der Waals surface area contributed by atoms with Crippen LogP contribution in [0.2, 0.25) is 0 Å². The minimum Gasteiger partial charge on any atom is -0.492 e. The molecule has 0 saturated carbocycles. The molecule has 0 bridgehead atoms. The first-order valence-electron chi connectivity index (χ1n) is 6.58. The first-order valence-corrected chi connectivity index (χ1v) is 6.58. The van der Waals surface area contributed by atoms with E-state index in [0.29, 0.717) is 6.04 Å². The lowest BCUT2D eigenvalue weighted by Crippen LogP contribution is -2.35. The predicted molar refractivity (Wildman–Crippen MR) is 71.3 cm³/mol. The normalized spacial score (nSPS) is 27.0. The summed E-state index contributed by atoms with van der Waals surface area (Å²) in [6.45, 7) is 10.1. The van der Waals surface area contributed by atoms with E-state index < -0.39 is 0 Å². The number of ether oxygens (including phenoxy) is 1. The molecule has 2 rings (SSSR count). The van der Waals surface area contributed by atoms with Gasteiger partial charge in [0.1, 0.15) is 12.4 Å². The zero-order valence-electron chi connectivity index (χ0n) is 11.1. The molecular formula is C15H23NO. The number of hydrogen-bond donors (Lipinski definition) is 0. The van der Waals surface area contributed by atoms with Crippen LogP contribution < -0.4 is 4.74 Å². The van der Waals surface area contributed by atoms with Gasteiger partial charge in [0.2, 0.25) is 0 Å². The van der Waals surface area contributed by atoms with E-state index in [1.54, 1.807) is 0 Å². The molecule has 1 aliphatic heterocycles. The average molecular weight is 233 g/mol. The minimum atomic E-state index is 0.502. The van der Waals surface area contributed by atoms with Gasteiger partial charge in [-0.15, -0.1) is 0 Å². The van der Waals surface area contributed by atoms with Gasteiger partial charge in [-0.05, 0) is 30.9 Å². The zero-order valence-corrected chi connectivity index (χ0v) is 11.1. The number of nitrogens with zero attached hydrogens (tertiary/aromatic N) is 1. The van der Waals surface area contributed by atoms with Crippen molar-refractivity contribution in [3.05, 3.63) is 30.3 Å². The molecule has 94 valence electrons. The van der Waals surface area contributed by atoms with Crippen molar-refractivity contribution in [3.8, 4) is 5.75 Å². The van der Waals surface area contributed by atoms with Gasteiger partial charge in [-0.3, -0.25) is 4.90 Å². The van der Waals surface area contributed by atoms with Crippen LogP contribution in [0.1, 0.15) is 20.8 Å². The van der Waals surface area contributed by atoms with E-state index in [2.05, 4.69) is 25.7 Å². The summed E-state index contributed by atoms with van der Waals surface area (Å²) in [6, 6.07) is 10.6. The Morgan fingerprint density at radius 1 is 1.18 bits per heavy atom. The Balaban J connectivity index is 1.80. The van der Waals surface area contributed by atoms with E-state index in [1.807, 2.05) is 30.3 Å². The second-order valence-electron chi connectivity index (χ2n) is 5.38. The maximum absolute atomic E-state index is 5.81. The summed E-state index contributed by atoms with van der Waals surface area (Å²) in [5.74, 6) is 2.60. The highest BCUT2D eigenvalue weighted by Gasteiger charge is 2.29. The first-order chi connectivity index (χ1) is 8.16. The fourth-order valence-electron chi connectivity index (χ4n) is 2.37. The first kappa shape index (κ1) is 12.4. The molecule has 1 aliphatic rings. The lowest BCUT2D eigenvalue weighted by molar-refractivity contribution is 0.167. The van der Waals surface area contributed by atoms with Crippen LogP contribution >= 0.6 is 0 Å². The third-order valence-electron chi connectivity index (χ3n) is 3.87. The molecule has 1 saturated heterocycles. The molecule has 0 radical (unpaired) electrons. The number of benzene rings is 1. The summed E-state index contributed by atoms with van der Waals surface area (Å²) in [5.41, 5.74) is 0. The molecule has 3 atom stereocenters. The number of hydrogen-bond acceptors (Lipinski definition) is 2. The summed E-state index contributed by atoms with van der Waals surface area (Å²) in [4.78, 5) is 2.54. The summed E-state index contributed by atoms with van der Waals surface area (Å²) >= 11 is 0. The zero-order chi connectivity index (χ0) is 12.3. The van der Waals surface area contributed by atoms with Crippen molar-refractivity contribution >= 4 is 0 Å². The highest BCUT2D eigenvalue weighted by molar-refractivity contribution is 5.20. The van der Waals surface area contributed by atoms with Crippen LogP contribution in [0.4, 0.5) is 0 Å². The van der Waals surface area contributed by atoms with Gasteiger partial charge in [0.05, 0.1) is 0 Å². The number of likely N-dealkylation sites (tertiary alicyclic amines) is 1. The Hall–Kier alpha value is -1.02. The van der Waals surface area contributed by atoms with Gasteiger partial charge in [-0.2, -0.15) is 0 Å². The summed E-state index contributed by atoms with van der Waals surface area (Å²) in [6.07, 6.45) is 0. The van der Waals surface area contributed by atoms with E-state index in [0.717, 1.165) is 24.2 Å². The van der Waals surface area contributed by atoms with Crippen LogP contribution in [0, 0.1) is 11.8 Å². The van der Waals surface area contributed by atoms with Crippen LogP contribution in [-0.2, 0) is 0 Å². The summed E-state index contributed by atoms with van der Waals surface area (Å²) in [7, 11) is 0. The van der Waals surface area contributed by atoms with Crippen molar-refractivity contribution in [2.75, 3.05) is 19.7 Å². The maximum atomic E-state index is 5.81.